The average molecular weight is 242 g/mol. The molecule has 2 atom stereocenters. The number of hydrogen-bond acceptors (Lipinski definition) is 4. The second kappa shape index (κ2) is 6.35. The Morgan fingerprint density at radius 3 is 2.62 bits per heavy atom. The van der Waals surface area contributed by atoms with Gasteiger partial charge in [-0.15, -0.1) is 11.3 Å². The molecule has 0 saturated heterocycles. The van der Waals surface area contributed by atoms with E-state index < -0.39 is 0 Å². The summed E-state index contributed by atoms with van der Waals surface area (Å²) in [6.45, 7) is 5.58. The van der Waals surface area contributed by atoms with Gasteiger partial charge in [-0.05, 0) is 40.1 Å². The van der Waals surface area contributed by atoms with Crippen LogP contribution in [0.15, 0.2) is 12.1 Å². The fourth-order valence-corrected chi connectivity index (χ4v) is 2.49. The second-order valence-electron chi connectivity index (χ2n) is 4.49. The Hall–Kier alpha value is -0.420. The molecule has 0 amide bonds. The molecule has 4 heteroatoms. The summed E-state index contributed by atoms with van der Waals surface area (Å²) in [7, 11) is 3.94. The van der Waals surface area contributed by atoms with Gasteiger partial charge in [-0.3, -0.25) is 0 Å². The van der Waals surface area contributed by atoms with E-state index in [9.17, 15) is 5.11 Å². The van der Waals surface area contributed by atoms with Gasteiger partial charge in [0.15, 0.2) is 0 Å². The lowest BCUT2D eigenvalue weighted by molar-refractivity contribution is 0.132. The number of aliphatic hydroxyl groups is 1. The highest BCUT2D eigenvalue weighted by Crippen LogP contribution is 2.21. The number of hydrogen-bond donors (Lipinski definition) is 2. The predicted molar refractivity (Wildman–Crippen MR) is 70.0 cm³/mol. The molecule has 0 aromatic carbocycles. The Morgan fingerprint density at radius 1 is 1.44 bits per heavy atom. The fraction of sp³-hybridized carbons (Fsp3) is 0.667. The van der Waals surface area contributed by atoms with Crippen molar-refractivity contribution in [3.63, 3.8) is 0 Å². The minimum atomic E-state index is -0.307. The summed E-state index contributed by atoms with van der Waals surface area (Å²) in [6.07, 6.45) is -0.307. The Kier molecular flexibility index (Phi) is 5.41. The number of thiophene rings is 1. The first kappa shape index (κ1) is 13.6. The SMILES string of the molecule is Cc1ccc(C(C)NCC(O)CN(C)C)s1. The molecule has 0 radical (unpaired) electrons. The Labute approximate surface area is 102 Å². The van der Waals surface area contributed by atoms with Crippen molar-refractivity contribution in [3.8, 4) is 0 Å². The lowest BCUT2D eigenvalue weighted by Crippen LogP contribution is -2.35. The van der Waals surface area contributed by atoms with Crippen LogP contribution in [-0.4, -0.2) is 43.3 Å². The largest absolute Gasteiger partial charge is 0.390 e. The predicted octanol–water partition coefficient (Wildman–Crippen LogP) is 1.63. The Morgan fingerprint density at radius 2 is 2.12 bits per heavy atom. The highest BCUT2D eigenvalue weighted by molar-refractivity contribution is 7.12. The third-order valence-electron chi connectivity index (χ3n) is 2.42. The molecule has 92 valence electrons. The third-order valence-corrected chi connectivity index (χ3v) is 3.61. The van der Waals surface area contributed by atoms with E-state index >= 15 is 0 Å². The molecule has 1 aromatic rings. The summed E-state index contributed by atoms with van der Waals surface area (Å²) in [4.78, 5) is 4.65. The van der Waals surface area contributed by atoms with Crippen LogP contribution in [-0.2, 0) is 0 Å². The molecule has 3 nitrogen and oxygen atoms in total. The van der Waals surface area contributed by atoms with E-state index in [1.165, 1.54) is 9.75 Å². The molecule has 0 fully saturated rings. The maximum atomic E-state index is 9.72. The van der Waals surface area contributed by atoms with E-state index in [1.54, 1.807) is 11.3 Å². The summed E-state index contributed by atoms with van der Waals surface area (Å²) in [5.41, 5.74) is 0. The van der Waals surface area contributed by atoms with Gasteiger partial charge in [0.05, 0.1) is 6.10 Å². The number of nitrogens with one attached hydrogen (secondary N) is 1. The smallest absolute Gasteiger partial charge is 0.0791 e. The van der Waals surface area contributed by atoms with E-state index in [0.717, 1.165) is 0 Å². The van der Waals surface area contributed by atoms with Gasteiger partial charge in [0.25, 0.3) is 0 Å². The molecule has 1 rings (SSSR count). The van der Waals surface area contributed by atoms with Gasteiger partial charge in [-0.25, -0.2) is 0 Å². The normalized spacial score (nSPS) is 15.4. The second-order valence-corrected chi connectivity index (χ2v) is 5.81. The van der Waals surface area contributed by atoms with E-state index in [0.29, 0.717) is 19.1 Å². The van der Waals surface area contributed by atoms with Crippen molar-refractivity contribution in [2.45, 2.75) is 26.0 Å². The number of nitrogens with zero attached hydrogens (tertiary/aromatic N) is 1. The van der Waals surface area contributed by atoms with Crippen LogP contribution in [0, 0.1) is 6.92 Å². The highest BCUT2D eigenvalue weighted by atomic mass is 32.1. The zero-order valence-electron chi connectivity index (χ0n) is 10.5. The van der Waals surface area contributed by atoms with Crippen molar-refractivity contribution >= 4 is 11.3 Å². The van der Waals surface area contributed by atoms with E-state index in [2.05, 4.69) is 31.3 Å². The van der Waals surface area contributed by atoms with Crippen LogP contribution >= 0.6 is 11.3 Å². The van der Waals surface area contributed by atoms with Crippen LogP contribution < -0.4 is 5.32 Å². The summed E-state index contributed by atoms with van der Waals surface area (Å²) in [6, 6.07) is 4.60. The van der Waals surface area contributed by atoms with Crippen molar-refractivity contribution in [2.24, 2.45) is 0 Å². The first-order chi connectivity index (χ1) is 7.49. The van der Waals surface area contributed by atoms with E-state index in [1.807, 2.05) is 19.0 Å². The first-order valence-electron chi connectivity index (χ1n) is 5.61. The Bertz CT molecular complexity index is 312. The minimum absolute atomic E-state index is 0.307. The number of rotatable bonds is 6. The molecule has 0 bridgehead atoms. The van der Waals surface area contributed by atoms with Crippen molar-refractivity contribution in [2.75, 3.05) is 27.2 Å². The zero-order valence-corrected chi connectivity index (χ0v) is 11.3. The molecule has 0 aliphatic carbocycles. The molecule has 1 heterocycles. The molecule has 2 unspecified atom stereocenters. The minimum Gasteiger partial charge on any atom is -0.390 e. The van der Waals surface area contributed by atoms with Gasteiger partial charge in [-0.2, -0.15) is 0 Å². The number of aryl methyl sites for hydroxylation is 1. The van der Waals surface area contributed by atoms with Crippen LogP contribution in [0.2, 0.25) is 0 Å². The van der Waals surface area contributed by atoms with Crippen molar-refractivity contribution in [3.05, 3.63) is 21.9 Å². The standard InChI is InChI=1S/C12H22N2OS/c1-9-5-6-12(16-9)10(2)13-7-11(15)8-14(3)4/h5-6,10-11,13,15H,7-8H2,1-4H3. The van der Waals surface area contributed by atoms with Crippen molar-refractivity contribution in [1.82, 2.24) is 10.2 Å². The summed E-state index contributed by atoms with van der Waals surface area (Å²) < 4.78 is 0. The van der Waals surface area contributed by atoms with Gasteiger partial charge in [0.1, 0.15) is 0 Å². The maximum absolute atomic E-state index is 9.72. The number of aliphatic hydroxyl groups excluding tert-OH is 1. The van der Waals surface area contributed by atoms with Crippen LogP contribution in [0.1, 0.15) is 22.7 Å². The van der Waals surface area contributed by atoms with Crippen molar-refractivity contribution < 1.29 is 5.11 Å². The monoisotopic (exact) mass is 242 g/mol. The van der Waals surface area contributed by atoms with Gasteiger partial charge >= 0.3 is 0 Å². The molecule has 0 spiro atoms. The highest BCUT2D eigenvalue weighted by Gasteiger charge is 2.10. The summed E-state index contributed by atoms with van der Waals surface area (Å²) >= 11 is 1.81. The van der Waals surface area contributed by atoms with Crippen LogP contribution in [0.25, 0.3) is 0 Å². The summed E-state index contributed by atoms with van der Waals surface area (Å²) in [5, 5.41) is 13.1. The fourth-order valence-electron chi connectivity index (χ4n) is 1.59. The lowest BCUT2D eigenvalue weighted by atomic mass is 10.2. The summed E-state index contributed by atoms with van der Waals surface area (Å²) in [5.74, 6) is 0. The lowest BCUT2D eigenvalue weighted by Gasteiger charge is -2.19. The van der Waals surface area contributed by atoms with E-state index in [4.69, 9.17) is 0 Å². The van der Waals surface area contributed by atoms with Crippen LogP contribution in [0.3, 0.4) is 0 Å². The molecule has 0 aliphatic rings. The molecule has 0 aliphatic heterocycles. The Balaban J connectivity index is 2.32. The van der Waals surface area contributed by atoms with Gasteiger partial charge in [-0.1, -0.05) is 0 Å². The van der Waals surface area contributed by atoms with Gasteiger partial charge in [0.2, 0.25) is 0 Å². The maximum Gasteiger partial charge on any atom is 0.0791 e. The van der Waals surface area contributed by atoms with Gasteiger partial charge in [0, 0.05) is 28.9 Å². The molecule has 16 heavy (non-hydrogen) atoms. The zero-order chi connectivity index (χ0) is 12.1. The molecule has 0 saturated carbocycles. The van der Waals surface area contributed by atoms with Crippen LogP contribution in [0.5, 0.6) is 0 Å². The quantitative estimate of drug-likeness (QED) is 0.796. The van der Waals surface area contributed by atoms with Crippen LogP contribution in [0.4, 0.5) is 0 Å². The third kappa shape index (κ3) is 4.61. The average Bonchev–Trinajstić information content (AvgIpc) is 2.60. The molecular formula is C12H22N2OS. The van der Waals surface area contributed by atoms with E-state index in [-0.39, 0.29) is 6.10 Å². The topological polar surface area (TPSA) is 35.5 Å². The van der Waals surface area contributed by atoms with Crippen molar-refractivity contribution in [1.29, 1.82) is 0 Å². The molecule has 2 N–H and O–H groups in total. The number of likely N-dealkylation sites (N-methyl/N-ethyl adjacent to an activating group) is 1. The molecule has 1 aromatic heterocycles. The molecular weight excluding hydrogens is 220 g/mol. The van der Waals surface area contributed by atoms with Gasteiger partial charge < -0.3 is 15.3 Å². The first-order valence-corrected chi connectivity index (χ1v) is 6.43.